The predicted molar refractivity (Wildman–Crippen MR) is 279 cm³/mol. The molecule has 3 aliphatic carbocycles. The van der Waals surface area contributed by atoms with Gasteiger partial charge in [0.25, 0.3) is 0 Å². The molecule has 11 aromatic rings. The average molecular weight is 864 g/mol. The number of para-hydroxylation sites is 3. The molecular weight excluding hydrogens is 815 g/mol. The molecule has 67 heavy (non-hydrogen) atoms. The fourth-order valence-corrected chi connectivity index (χ4v) is 12.7. The standard InChI is InChI=1S/C64H49NO2/c1-36-17-11-12-20-40(36)46-34-53-57(60-44-22-14-16-24-55(44)67-61(46)60)42-28-26-39(32-50(42)64(53,6)7)65(37-18-9-8-10-19-37)38-25-27-41-45-33-52-47(35-51(45)63(4,5)49(41)31-38)58-48(62(52,2)3)29-30-56-59(58)43-21-13-15-23-54(43)66-56/h8-35H,1-7H3. The molecule has 0 unspecified atom stereocenters. The molecule has 0 spiro atoms. The third-order valence-electron chi connectivity index (χ3n) is 16.2. The van der Waals surface area contributed by atoms with Crippen molar-refractivity contribution in [3.8, 4) is 44.5 Å². The van der Waals surface area contributed by atoms with E-state index in [9.17, 15) is 0 Å². The monoisotopic (exact) mass is 863 g/mol. The van der Waals surface area contributed by atoms with E-state index in [-0.39, 0.29) is 16.2 Å². The van der Waals surface area contributed by atoms with E-state index in [1.165, 1.54) is 94.0 Å². The van der Waals surface area contributed by atoms with Gasteiger partial charge in [0, 0.05) is 60.4 Å². The van der Waals surface area contributed by atoms with Gasteiger partial charge < -0.3 is 13.7 Å². The van der Waals surface area contributed by atoms with E-state index >= 15 is 0 Å². The molecule has 0 atom stereocenters. The Labute approximate surface area is 390 Å². The maximum atomic E-state index is 6.82. The van der Waals surface area contributed by atoms with Crippen molar-refractivity contribution in [2.24, 2.45) is 0 Å². The number of furan rings is 2. The normalized spacial score (nSPS) is 15.4. The Balaban J connectivity index is 0.927. The van der Waals surface area contributed by atoms with Crippen LogP contribution in [0.2, 0.25) is 0 Å². The molecule has 9 aromatic carbocycles. The van der Waals surface area contributed by atoms with Crippen molar-refractivity contribution >= 4 is 60.9 Å². The molecule has 14 rings (SSSR count). The number of rotatable bonds is 4. The van der Waals surface area contributed by atoms with Crippen LogP contribution in [0, 0.1) is 6.92 Å². The van der Waals surface area contributed by atoms with Gasteiger partial charge in [-0.3, -0.25) is 0 Å². The molecule has 0 saturated heterocycles. The van der Waals surface area contributed by atoms with E-state index < -0.39 is 0 Å². The summed E-state index contributed by atoms with van der Waals surface area (Å²) in [7, 11) is 0. The van der Waals surface area contributed by atoms with Gasteiger partial charge in [0.05, 0.1) is 0 Å². The number of nitrogens with zero attached hydrogens (tertiary/aromatic N) is 1. The van der Waals surface area contributed by atoms with Crippen LogP contribution in [0.25, 0.3) is 88.4 Å². The molecule has 0 amide bonds. The van der Waals surface area contributed by atoms with Gasteiger partial charge in [0.1, 0.15) is 22.3 Å². The summed E-state index contributed by atoms with van der Waals surface area (Å²) in [5, 5.41) is 4.77. The van der Waals surface area contributed by atoms with Crippen LogP contribution in [0.4, 0.5) is 17.1 Å². The smallest absolute Gasteiger partial charge is 0.143 e. The number of anilines is 3. The first-order chi connectivity index (χ1) is 32.4. The molecular formula is C64H49NO2. The van der Waals surface area contributed by atoms with Crippen molar-refractivity contribution in [2.45, 2.75) is 64.7 Å². The SMILES string of the molecule is Cc1ccccc1-c1cc2c(c3c1oc1ccccc13)-c1ccc(N(c3ccccc3)c3ccc4c(c3)C(C)(C)c3cc5c(cc3-4)C(C)(C)c3ccc4oc6ccccc6c4c3-5)cc1C2(C)C. The minimum Gasteiger partial charge on any atom is -0.456 e. The first kappa shape index (κ1) is 38.6. The highest BCUT2D eigenvalue weighted by Crippen LogP contribution is 2.60. The minimum absolute atomic E-state index is 0.164. The Hall–Kier alpha value is -7.62. The molecule has 0 fully saturated rings. The highest BCUT2D eigenvalue weighted by Gasteiger charge is 2.44. The molecule has 3 aliphatic rings. The molecule has 0 aliphatic heterocycles. The van der Waals surface area contributed by atoms with Gasteiger partial charge in [-0.1, -0.05) is 139 Å². The largest absolute Gasteiger partial charge is 0.456 e. The van der Waals surface area contributed by atoms with Crippen LogP contribution in [-0.2, 0) is 16.2 Å². The Morgan fingerprint density at radius 2 is 0.881 bits per heavy atom. The topological polar surface area (TPSA) is 29.5 Å². The van der Waals surface area contributed by atoms with E-state index in [1.807, 2.05) is 0 Å². The summed E-state index contributed by atoms with van der Waals surface area (Å²) in [6, 6.07) is 62.9. The van der Waals surface area contributed by atoms with E-state index in [0.29, 0.717) is 0 Å². The molecule has 0 bridgehead atoms. The third kappa shape index (κ3) is 5.01. The molecule has 0 saturated carbocycles. The maximum Gasteiger partial charge on any atom is 0.143 e. The van der Waals surface area contributed by atoms with Crippen LogP contribution >= 0.6 is 0 Å². The van der Waals surface area contributed by atoms with Crippen LogP contribution in [-0.4, -0.2) is 0 Å². The average Bonchev–Trinajstić information content (AvgIpc) is 4.08. The zero-order valence-electron chi connectivity index (χ0n) is 38.9. The van der Waals surface area contributed by atoms with E-state index in [0.717, 1.165) is 50.3 Å². The second-order valence-electron chi connectivity index (χ2n) is 20.9. The lowest BCUT2D eigenvalue weighted by atomic mass is 9.79. The second-order valence-corrected chi connectivity index (χ2v) is 20.9. The quantitative estimate of drug-likeness (QED) is 0.177. The molecule has 2 heterocycles. The van der Waals surface area contributed by atoms with Crippen LogP contribution < -0.4 is 4.90 Å². The van der Waals surface area contributed by atoms with Crippen LogP contribution in [0.15, 0.2) is 179 Å². The highest BCUT2D eigenvalue weighted by atomic mass is 16.3. The van der Waals surface area contributed by atoms with E-state index in [1.54, 1.807) is 0 Å². The van der Waals surface area contributed by atoms with Crippen molar-refractivity contribution in [3.05, 3.63) is 209 Å². The highest BCUT2D eigenvalue weighted by molar-refractivity contribution is 6.19. The third-order valence-corrected chi connectivity index (χ3v) is 16.2. The van der Waals surface area contributed by atoms with Crippen LogP contribution in [0.1, 0.15) is 80.5 Å². The zero-order valence-corrected chi connectivity index (χ0v) is 38.9. The predicted octanol–water partition coefficient (Wildman–Crippen LogP) is 17.8. The lowest BCUT2D eigenvalue weighted by Crippen LogP contribution is -2.18. The van der Waals surface area contributed by atoms with Gasteiger partial charge in [0.2, 0.25) is 0 Å². The number of fused-ring (bicyclic) bond motifs is 17. The second kappa shape index (κ2) is 13.0. The number of benzene rings is 9. The van der Waals surface area contributed by atoms with E-state index in [4.69, 9.17) is 8.83 Å². The summed E-state index contributed by atoms with van der Waals surface area (Å²) < 4.78 is 13.3. The van der Waals surface area contributed by atoms with Crippen LogP contribution in [0.5, 0.6) is 0 Å². The summed E-state index contributed by atoms with van der Waals surface area (Å²) in [6.45, 7) is 16.6. The van der Waals surface area contributed by atoms with Gasteiger partial charge in [-0.15, -0.1) is 0 Å². The summed E-state index contributed by atoms with van der Waals surface area (Å²) in [6.07, 6.45) is 0. The number of aryl methyl sites for hydroxylation is 1. The lowest BCUT2D eigenvalue weighted by molar-refractivity contribution is 0.651. The van der Waals surface area contributed by atoms with Crippen molar-refractivity contribution in [3.63, 3.8) is 0 Å². The number of hydrogen-bond acceptors (Lipinski definition) is 3. The van der Waals surface area contributed by atoms with Gasteiger partial charge in [0.15, 0.2) is 0 Å². The first-order valence-electron chi connectivity index (χ1n) is 23.7. The van der Waals surface area contributed by atoms with Crippen molar-refractivity contribution in [1.82, 2.24) is 0 Å². The Morgan fingerprint density at radius 3 is 1.63 bits per heavy atom. The summed E-state index contributed by atoms with van der Waals surface area (Å²) in [5.74, 6) is 0. The molecule has 0 N–H and O–H groups in total. The zero-order chi connectivity index (χ0) is 45.3. The Bertz CT molecular complexity index is 3970. The molecule has 3 heteroatoms. The molecule has 0 radical (unpaired) electrons. The lowest BCUT2D eigenvalue weighted by Gasteiger charge is -2.29. The van der Waals surface area contributed by atoms with Gasteiger partial charge in [-0.05, 0) is 158 Å². The minimum atomic E-state index is -0.282. The van der Waals surface area contributed by atoms with Crippen molar-refractivity contribution in [1.29, 1.82) is 0 Å². The maximum absolute atomic E-state index is 6.82. The fourth-order valence-electron chi connectivity index (χ4n) is 12.7. The van der Waals surface area contributed by atoms with Gasteiger partial charge in [-0.25, -0.2) is 0 Å². The van der Waals surface area contributed by atoms with Crippen LogP contribution in [0.3, 0.4) is 0 Å². The van der Waals surface area contributed by atoms with E-state index in [2.05, 4.69) is 223 Å². The molecule has 3 nitrogen and oxygen atoms in total. The fraction of sp³-hybridized carbons (Fsp3) is 0.156. The number of hydrogen-bond donors (Lipinski definition) is 0. The Kier molecular flexibility index (Phi) is 7.52. The van der Waals surface area contributed by atoms with Gasteiger partial charge in [-0.2, -0.15) is 0 Å². The molecule has 2 aromatic heterocycles. The van der Waals surface area contributed by atoms with Crippen molar-refractivity contribution in [2.75, 3.05) is 4.90 Å². The Morgan fingerprint density at radius 1 is 0.343 bits per heavy atom. The molecule has 322 valence electrons. The summed E-state index contributed by atoms with van der Waals surface area (Å²) in [4.78, 5) is 2.46. The van der Waals surface area contributed by atoms with Crippen molar-refractivity contribution < 1.29 is 8.83 Å². The van der Waals surface area contributed by atoms with Gasteiger partial charge >= 0.3 is 0 Å². The summed E-state index contributed by atoms with van der Waals surface area (Å²) in [5.41, 5.74) is 26.1. The first-order valence-corrected chi connectivity index (χ1v) is 23.7. The summed E-state index contributed by atoms with van der Waals surface area (Å²) >= 11 is 0.